The van der Waals surface area contributed by atoms with Crippen LogP contribution in [0.3, 0.4) is 0 Å². The first-order valence-electron chi connectivity index (χ1n) is 7.65. The van der Waals surface area contributed by atoms with E-state index in [1.54, 1.807) is 0 Å². The topological polar surface area (TPSA) is 34.1 Å². The van der Waals surface area contributed by atoms with Crippen LogP contribution in [-0.4, -0.2) is 11.6 Å². The van der Waals surface area contributed by atoms with Gasteiger partial charge in [-0.25, -0.2) is 0 Å². The molecule has 8 atom stereocenters. The van der Waals surface area contributed by atoms with Gasteiger partial charge in [0.2, 0.25) is 0 Å². The van der Waals surface area contributed by atoms with Crippen LogP contribution in [0.1, 0.15) is 13.8 Å². The van der Waals surface area contributed by atoms with Crippen molar-refractivity contribution >= 4 is 11.6 Å². The molecule has 3 heteroatoms. The van der Waals surface area contributed by atoms with Crippen molar-refractivity contribution < 1.29 is 16.1 Å². The Labute approximate surface area is 101 Å². The van der Waals surface area contributed by atoms with Crippen LogP contribution in [0.15, 0.2) is 12.2 Å². The van der Waals surface area contributed by atoms with Crippen molar-refractivity contribution in [1.82, 2.24) is 0 Å². The van der Waals surface area contributed by atoms with Crippen LogP contribution in [0.25, 0.3) is 0 Å². The Morgan fingerprint density at radius 3 is 1.58 bits per heavy atom. The van der Waals surface area contributed by atoms with Gasteiger partial charge >= 0.3 is 101 Å². The monoisotopic (exact) mass is 296 g/mol. The molecular formula is C16H16FeO2. The van der Waals surface area contributed by atoms with E-state index < -0.39 is 6.51 Å². The third kappa shape index (κ3) is 0.0734. The van der Waals surface area contributed by atoms with Crippen LogP contribution in [-0.2, 0) is 16.1 Å². The van der Waals surface area contributed by atoms with Gasteiger partial charge in [-0.1, -0.05) is 0 Å². The fraction of sp³-hybridized carbons (Fsp3) is 0.750. The second kappa shape index (κ2) is 0.604. The van der Waals surface area contributed by atoms with E-state index in [2.05, 4.69) is 6.58 Å². The first kappa shape index (κ1) is 7.56. The van der Waals surface area contributed by atoms with Gasteiger partial charge in [0, 0.05) is 0 Å². The van der Waals surface area contributed by atoms with E-state index in [9.17, 15) is 9.59 Å². The van der Waals surface area contributed by atoms with Crippen molar-refractivity contribution in [1.29, 1.82) is 0 Å². The summed E-state index contributed by atoms with van der Waals surface area (Å²) in [6.45, 7) is 4.06. The van der Waals surface area contributed by atoms with Gasteiger partial charge < -0.3 is 0 Å². The van der Waals surface area contributed by atoms with Crippen LogP contribution < -0.4 is 0 Å². The SMILES string of the molecule is C=C(C)C(=O)[C]12[CH]3[CH]4[CH]5[CH]1[Fe]45321678[CH]2[CH]1[CH]6[C]7(C(C)=O)[CH]28. The molecule has 19 heavy (non-hydrogen) atoms. The summed E-state index contributed by atoms with van der Waals surface area (Å²) in [4.78, 5) is 33.2. The predicted molar refractivity (Wildman–Crippen MR) is 65.9 cm³/mol. The van der Waals surface area contributed by atoms with E-state index in [-0.39, 0.29) is 8.63 Å². The van der Waals surface area contributed by atoms with E-state index in [4.69, 9.17) is 0 Å². The average Bonchev–Trinajstić information content (AvgIpc) is 3.29. The maximum absolute atomic E-state index is 13.1. The molecule has 10 aliphatic heterocycles. The number of hydrogen-bond acceptors (Lipinski definition) is 2. The first-order chi connectivity index (χ1) is 8.73. The fourth-order valence-electron chi connectivity index (χ4n) is 18.5. The average molecular weight is 296 g/mol. The van der Waals surface area contributed by atoms with Crippen molar-refractivity contribution in [2.75, 3.05) is 0 Å². The molecule has 0 aromatic heterocycles. The summed E-state index contributed by atoms with van der Waals surface area (Å²) in [5, 5.41) is 0. The molecule has 100 valence electrons. The number of rotatable bonds is 3. The second-order valence-electron chi connectivity index (χ2n) is 11.4. The predicted octanol–water partition coefficient (Wildman–Crippen LogP) is 3.85. The number of carbonyl (C=O) groups excluding carboxylic acids is 2. The standard InChI is InChI=1S/C9H9O.C7H7O.Fe/c1-7(2)9(10)8-5-3-4-6-8;1-6(8)7-4-2-3-5-7;/h3-6H,1H2,2H3;2-5H,1H3;. The molecular weight excluding hydrogens is 280 g/mol. The fourth-order valence-corrected chi connectivity index (χ4v) is 94.6. The van der Waals surface area contributed by atoms with Gasteiger partial charge in [0.15, 0.2) is 0 Å². The number of carbonyl (C=O) groups is 2. The third-order valence-corrected chi connectivity index (χ3v) is 58.9. The van der Waals surface area contributed by atoms with Gasteiger partial charge in [0.05, 0.1) is 0 Å². The molecule has 0 aromatic carbocycles. The number of allylic oxidation sites excluding steroid dienone is 1. The molecule has 8 unspecified atom stereocenters. The Kier molecular flexibility index (Phi) is 0.240. The summed E-state index contributed by atoms with van der Waals surface area (Å²) in [6.07, 6.45) is 0. The number of Topliss-reactive ketones (excluding diaryl/α,β-unsaturated/α-hetero) is 2. The number of fused-ring (bicyclic) bond motifs is 10. The minimum atomic E-state index is -3.75. The second-order valence-corrected chi connectivity index (χ2v) is 34.6. The third-order valence-electron chi connectivity index (χ3n) is 16.1. The zero-order valence-corrected chi connectivity index (χ0v) is 12.1. The zero-order chi connectivity index (χ0) is 12.7. The number of ketones is 2. The quantitative estimate of drug-likeness (QED) is 0.585. The molecule has 0 bridgehead atoms. The van der Waals surface area contributed by atoms with Gasteiger partial charge in [0.25, 0.3) is 0 Å². The summed E-state index contributed by atoms with van der Waals surface area (Å²) >= 11 is 0. The Morgan fingerprint density at radius 1 is 0.895 bits per heavy atom. The van der Waals surface area contributed by atoms with Crippen LogP contribution in [0.5, 0.6) is 0 Å². The summed E-state index contributed by atoms with van der Waals surface area (Å²) in [7, 11) is 0. The normalized spacial score (nSPS) is 111. The Morgan fingerprint density at radius 2 is 1.32 bits per heavy atom. The molecule has 10 fully saturated rings. The molecule has 10 heterocycles. The van der Waals surface area contributed by atoms with Crippen molar-refractivity contribution in [2.45, 2.75) is 61.0 Å². The van der Waals surface area contributed by atoms with Crippen LogP contribution in [0.2, 0.25) is 47.2 Å². The minimum absolute atomic E-state index is 0.159. The molecule has 2 nitrogen and oxygen atoms in total. The maximum atomic E-state index is 13.1. The Hall–Kier alpha value is -0.401. The summed E-state index contributed by atoms with van der Waals surface area (Å²) in [5.41, 5.74) is 0.812. The van der Waals surface area contributed by atoms with Gasteiger partial charge in [-0.05, 0) is 0 Å². The summed E-state index contributed by atoms with van der Waals surface area (Å²) in [5.74, 6) is 1.02. The molecule has 0 aliphatic carbocycles. The van der Waals surface area contributed by atoms with Gasteiger partial charge in [-0.3, -0.25) is 0 Å². The van der Waals surface area contributed by atoms with Crippen LogP contribution >= 0.6 is 0 Å². The molecule has 10 rings (SSSR count). The van der Waals surface area contributed by atoms with E-state index in [1.807, 2.05) is 13.8 Å². The van der Waals surface area contributed by atoms with E-state index >= 15 is 0 Å². The van der Waals surface area contributed by atoms with Crippen LogP contribution in [0.4, 0.5) is 0 Å². The number of hydrogen-bond donors (Lipinski definition) is 0. The van der Waals surface area contributed by atoms with Crippen molar-refractivity contribution in [3.8, 4) is 0 Å². The van der Waals surface area contributed by atoms with E-state index in [1.165, 1.54) is 0 Å². The molecule has 0 aromatic rings. The molecule has 0 N–H and O–H groups in total. The Balaban J connectivity index is 1.62. The van der Waals surface area contributed by atoms with Gasteiger partial charge in [-0.15, -0.1) is 0 Å². The summed E-state index contributed by atoms with van der Waals surface area (Å²) in [6, 6.07) is 0. The first-order valence-corrected chi connectivity index (χ1v) is 13.9. The van der Waals surface area contributed by atoms with E-state index in [0.717, 1.165) is 44.1 Å². The molecule has 10 saturated heterocycles. The molecule has 10 aliphatic rings. The van der Waals surface area contributed by atoms with Crippen molar-refractivity contribution in [3.05, 3.63) is 12.2 Å². The van der Waals surface area contributed by atoms with Gasteiger partial charge in [0.1, 0.15) is 0 Å². The Bertz CT molecular complexity index is 1180. The summed E-state index contributed by atoms with van der Waals surface area (Å²) < 4.78 is 0.380. The molecule has 0 amide bonds. The van der Waals surface area contributed by atoms with Gasteiger partial charge in [-0.2, -0.15) is 0 Å². The van der Waals surface area contributed by atoms with Crippen molar-refractivity contribution in [3.63, 3.8) is 0 Å². The van der Waals surface area contributed by atoms with E-state index in [0.29, 0.717) is 11.6 Å². The molecule has 0 radical (unpaired) electrons. The zero-order valence-electron chi connectivity index (χ0n) is 11.0. The van der Waals surface area contributed by atoms with Crippen LogP contribution in [0, 0.1) is 0 Å². The van der Waals surface area contributed by atoms with Crippen molar-refractivity contribution in [2.24, 2.45) is 0 Å². The molecule has 1 spiro atoms. The molecule has 0 saturated carbocycles.